The van der Waals surface area contributed by atoms with Crippen LogP contribution in [0.4, 0.5) is 4.79 Å². The van der Waals surface area contributed by atoms with Crippen LogP contribution >= 0.6 is 11.8 Å². The molecule has 5 heteroatoms. The number of aromatic amines is 1. The lowest BCUT2D eigenvalue weighted by Crippen LogP contribution is -2.29. The van der Waals surface area contributed by atoms with Gasteiger partial charge in [-0.15, -0.1) is 0 Å². The van der Waals surface area contributed by atoms with Gasteiger partial charge in [-0.1, -0.05) is 30.3 Å². The van der Waals surface area contributed by atoms with Gasteiger partial charge in [-0.3, -0.25) is 14.5 Å². The van der Waals surface area contributed by atoms with E-state index < -0.39 is 0 Å². The number of hydrogen-bond donors (Lipinski definition) is 1. The summed E-state index contributed by atoms with van der Waals surface area (Å²) in [7, 11) is 0. The summed E-state index contributed by atoms with van der Waals surface area (Å²) < 4.78 is 0. The first-order chi connectivity index (χ1) is 10.7. The summed E-state index contributed by atoms with van der Waals surface area (Å²) in [5.41, 5.74) is 2.05. The Bertz CT molecular complexity index is 693. The molecule has 2 aromatic rings. The average molecular weight is 312 g/mol. The van der Waals surface area contributed by atoms with E-state index in [4.69, 9.17) is 0 Å². The number of aryl methyl sites for hydroxylation is 1. The first kappa shape index (κ1) is 14.7. The van der Waals surface area contributed by atoms with Crippen LogP contribution < -0.4 is 0 Å². The minimum atomic E-state index is -0.197. The summed E-state index contributed by atoms with van der Waals surface area (Å²) >= 11 is 1.00. The maximum absolute atomic E-state index is 12.3. The number of nitrogens with zero attached hydrogens (tertiary/aromatic N) is 1. The molecule has 0 unspecified atom stereocenters. The molecule has 1 fully saturated rings. The van der Waals surface area contributed by atoms with Gasteiger partial charge in [0.25, 0.3) is 11.1 Å². The molecule has 1 N–H and O–H groups in total. The summed E-state index contributed by atoms with van der Waals surface area (Å²) in [5, 5.41) is -0.184. The molecule has 3 rings (SSSR count). The second-order valence-corrected chi connectivity index (χ2v) is 6.04. The van der Waals surface area contributed by atoms with E-state index in [1.807, 2.05) is 30.3 Å². The van der Waals surface area contributed by atoms with Gasteiger partial charge >= 0.3 is 0 Å². The molecule has 1 aliphatic heterocycles. The quantitative estimate of drug-likeness (QED) is 0.857. The number of H-pyrrole nitrogens is 1. The van der Waals surface area contributed by atoms with Gasteiger partial charge in [0.2, 0.25) is 0 Å². The summed E-state index contributed by atoms with van der Waals surface area (Å²) in [5.74, 6) is -0.197. The molecule has 1 saturated heterocycles. The SMILES string of the molecule is O=C1S/C(=C\c2ccc[nH]2)C(=O)N1CCCc1ccccc1. The zero-order valence-corrected chi connectivity index (χ0v) is 12.8. The van der Waals surface area contributed by atoms with Crippen molar-refractivity contribution in [2.75, 3.05) is 6.54 Å². The van der Waals surface area contributed by atoms with Crippen molar-refractivity contribution in [2.24, 2.45) is 0 Å². The summed E-state index contributed by atoms with van der Waals surface area (Å²) in [6, 6.07) is 13.8. The Labute approximate surface area is 133 Å². The minimum Gasteiger partial charge on any atom is -0.362 e. The molecule has 0 spiro atoms. The first-order valence-electron chi connectivity index (χ1n) is 7.17. The number of nitrogens with one attached hydrogen (secondary N) is 1. The van der Waals surface area contributed by atoms with Crippen LogP contribution in [-0.4, -0.2) is 27.6 Å². The number of thioether (sulfide) groups is 1. The Balaban J connectivity index is 1.60. The van der Waals surface area contributed by atoms with Crippen molar-refractivity contribution in [1.29, 1.82) is 0 Å². The molecular formula is C17H16N2O2S. The van der Waals surface area contributed by atoms with E-state index in [-0.39, 0.29) is 11.1 Å². The van der Waals surface area contributed by atoms with Crippen molar-refractivity contribution in [1.82, 2.24) is 9.88 Å². The maximum atomic E-state index is 12.3. The minimum absolute atomic E-state index is 0.184. The van der Waals surface area contributed by atoms with Crippen molar-refractivity contribution in [2.45, 2.75) is 12.8 Å². The molecule has 0 atom stereocenters. The summed E-state index contributed by atoms with van der Waals surface area (Å²) in [6.45, 7) is 0.460. The molecule has 1 aromatic carbocycles. The fraction of sp³-hybridized carbons (Fsp3) is 0.176. The topological polar surface area (TPSA) is 53.2 Å². The van der Waals surface area contributed by atoms with Gasteiger partial charge < -0.3 is 4.98 Å². The van der Waals surface area contributed by atoms with E-state index in [0.29, 0.717) is 11.4 Å². The predicted octanol–water partition coefficient (Wildman–Crippen LogP) is 3.68. The number of rotatable bonds is 5. The van der Waals surface area contributed by atoms with E-state index in [2.05, 4.69) is 17.1 Å². The van der Waals surface area contributed by atoms with E-state index in [0.717, 1.165) is 30.3 Å². The molecule has 2 heterocycles. The van der Waals surface area contributed by atoms with Gasteiger partial charge in [-0.2, -0.15) is 0 Å². The second-order valence-electron chi connectivity index (χ2n) is 5.05. The van der Waals surface area contributed by atoms with Crippen LogP contribution in [0.15, 0.2) is 53.6 Å². The molecule has 0 saturated carbocycles. The van der Waals surface area contributed by atoms with E-state index >= 15 is 0 Å². The summed E-state index contributed by atoms with van der Waals surface area (Å²) in [6.07, 6.45) is 5.15. The lowest BCUT2D eigenvalue weighted by Gasteiger charge is -2.11. The number of amides is 2. The van der Waals surface area contributed by atoms with Crippen LogP contribution in [0, 0.1) is 0 Å². The Morgan fingerprint density at radius 3 is 2.64 bits per heavy atom. The highest BCUT2D eigenvalue weighted by atomic mass is 32.2. The van der Waals surface area contributed by atoms with Gasteiger partial charge in [-0.05, 0) is 48.4 Å². The Hall–Kier alpha value is -2.27. The van der Waals surface area contributed by atoms with Gasteiger partial charge in [0, 0.05) is 18.4 Å². The largest absolute Gasteiger partial charge is 0.362 e. The van der Waals surface area contributed by atoms with Crippen LogP contribution in [0.5, 0.6) is 0 Å². The van der Waals surface area contributed by atoms with Crippen molar-refractivity contribution >= 4 is 29.0 Å². The number of carbonyl (C=O) groups is 2. The Morgan fingerprint density at radius 1 is 1.09 bits per heavy atom. The molecule has 1 aliphatic rings. The fourth-order valence-electron chi connectivity index (χ4n) is 2.35. The third-order valence-electron chi connectivity index (χ3n) is 3.47. The van der Waals surface area contributed by atoms with Crippen molar-refractivity contribution in [3.63, 3.8) is 0 Å². The molecule has 4 nitrogen and oxygen atoms in total. The monoisotopic (exact) mass is 312 g/mol. The second kappa shape index (κ2) is 6.66. The third kappa shape index (κ3) is 3.31. The number of imide groups is 1. The van der Waals surface area contributed by atoms with Gasteiger partial charge in [0.15, 0.2) is 0 Å². The normalized spacial score (nSPS) is 16.7. The van der Waals surface area contributed by atoms with Crippen LogP contribution in [0.25, 0.3) is 6.08 Å². The standard InChI is InChI=1S/C17H16N2O2S/c20-16-15(12-14-9-4-10-18-14)22-17(21)19(16)11-5-8-13-6-2-1-3-7-13/h1-4,6-7,9-10,12,18H,5,8,11H2/b15-12-. The number of aromatic nitrogens is 1. The Kier molecular flexibility index (Phi) is 4.44. The fourth-order valence-corrected chi connectivity index (χ4v) is 3.21. The van der Waals surface area contributed by atoms with Gasteiger partial charge in [0.1, 0.15) is 0 Å². The van der Waals surface area contributed by atoms with Crippen molar-refractivity contribution < 1.29 is 9.59 Å². The number of carbonyl (C=O) groups excluding carboxylic acids is 2. The van der Waals surface area contributed by atoms with Gasteiger partial charge in [0.05, 0.1) is 4.91 Å². The molecule has 112 valence electrons. The van der Waals surface area contributed by atoms with Crippen molar-refractivity contribution in [3.05, 3.63) is 64.8 Å². The van der Waals surface area contributed by atoms with Crippen molar-refractivity contribution in [3.8, 4) is 0 Å². The molecule has 1 aromatic heterocycles. The molecular weight excluding hydrogens is 296 g/mol. The highest BCUT2D eigenvalue weighted by molar-refractivity contribution is 8.18. The van der Waals surface area contributed by atoms with Crippen LogP contribution in [0.1, 0.15) is 17.7 Å². The molecule has 0 bridgehead atoms. The lowest BCUT2D eigenvalue weighted by atomic mass is 10.1. The van der Waals surface area contributed by atoms with E-state index in [1.54, 1.807) is 12.3 Å². The number of benzene rings is 1. The highest BCUT2D eigenvalue weighted by Crippen LogP contribution is 2.32. The maximum Gasteiger partial charge on any atom is 0.293 e. The number of hydrogen-bond acceptors (Lipinski definition) is 3. The summed E-state index contributed by atoms with van der Waals surface area (Å²) in [4.78, 5) is 29.1. The Morgan fingerprint density at radius 2 is 1.91 bits per heavy atom. The third-order valence-corrected chi connectivity index (χ3v) is 4.38. The molecule has 0 radical (unpaired) electrons. The van der Waals surface area contributed by atoms with E-state index in [9.17, 15) is 9.59 Å². The molecule has 0 aliphatic carbocycles. The zero-order valence-electron chi connectivity index (χ0n) is 12.0. The zero-order chi connectivity index (χ0) is 15.4. The van der Waals surface area contributed by atoms with Crippen LogP contribution in [0.3, 0.4) is 0 Å². The average Bonchev–Trinajstić information content (AvgIpc) is 3.12. The smallest absolute Gasteiger partial charge is 0.293 e. The van der Waals surface area contributed by atoms with Crippen LogP contribution in [-0.2, 0) is 11.2 Å². The van der Waals surface area contributed by atoms with Crippen LogP contribution in [0.2, 0.25) is 0 Å². The van der Waals surface area contributed by atoms with E-state index in [1.165, 1.54) is 10.5 Å². The highest BCUT2D eigenvalue weighted by Gasteiger charge is 2.34. The molecule has 2 amide bonds. The van der Waals surface area contributed by atoms with Gasteiger partial charge in [-0.25, -0.2) is 0 Å². The first-order valence-corrected chi connectivity index (χ1v) is 7.98. The molecule has 22 heavy (non-hydrogen) atoms. The predicted molar refractivity (Wildman–Crippen MR) is 88.2 cm³/mol. The lowest BCUT2D eigenvalue weighted by molar-refractivity contribution is -0.122.